The molecule has 174 valence electrons. The molecule has 0 saturated carbocycles. The molecule has 2 heterocycles. The average molecular weight is 544 g/mol. The Morgan fingerprint density at radius 3 is 2.94 bits per heavy atom. The van der Waals surface area contributed by atoms with Crippen LogP contribution in [0.1, 0.15) is 43.7 Å². The number of guanidine groups is 1. The van der Waals surface area contributed by atoms with Crippen LogP contribution in [0.4, 0.5) is 0 Å². The normalized spacial score (nSPS) is 18.9. The third kappa shape index (κ3) is 9.33. The van der Waals surface area contributed by atoms with Gasteiger partial charge in [0, 0.05) is 51.7 Å². The fraction of sp³-hybridized carbons (Fsp3) is 0.652. The number of ether oxygens (including phenoxy) is 2. The number of hydrogen-bond acceptors (Lipinski definition) is 4. The van der Waals surface area contributed by atoms with E-state index in [4.69, 9.17) is 14.5 Å². The topological polar surface area (TPSA) is 75.2 Å². The first-order chi connectivity index (χ1) is 14.7. The fourth-order valence-electron chi connectivity index (χ4n) is 3.78. The van der Waals surface area contributed by atoms with Gasteiger partial charge >= 0.3 is 0 Å². The molecule has 2 saturated heterocycles. The van der Waals surface area contributed by atoms with Gasteiger partial charge in [0.2, 0.25) is 5.91 Å². The van der Waals surface area contributed by atoms with Crippen molar-refractivity contribution in [3.63, 3.8) is 0 Å². The molecule has 0 aromatic heterocycles. The zero-order valence-electron chi connectivity index (χ0n) is 18.6. The molecule has 0 aliphatic carbocycles. The molecule has 2 aliphatic heterocycles. The second-order valence-electron chi connectivity index (χ2n) is 8.02. The lowest BCUT2D eigenvalue weighted by Crippen LogP contribution is -2.38. The molecule has 3 rings (SSSR count). The number of aliphatic imine (C=N–C) groups is 1. The Bertz CT molecular complexity index is 695. The highest BCUT2D eigenvalue weighted by molar-refractivity contribution is 14.0. The molecule has 1 aromatic rings. The highest BCUT2D eigenvalue weighted by Crippen LogP contribution is 2.15. The molecule has 0 bridgehead atoms. The molecule has 0 radical (unpaired) electrons. The number of likely N-dealkylation sites (tertiary alicyclic amines) is 1. The summed E-state index contributed by atoms with van der Waals surface area (Å²) < 4.78 is 11.1. The molecular formula is C23H37IN4O3. The Morgan fingerprint density at radius 1 is 1.32 bits per heavy atom. The first-order valence-corrected chi connectivity index (χ1v) is 11.3. The van der Waals surface area contributed by atoms with Gasteiger partial charge in [-0.25, -0.2) is 4.99 Å². The van der Waals surface area contributed by atoms with Crippen LogP contribution in [0.25, 0.3) is 0 Å². The molecule has 1 aromatic carbocycles. The summed E-state index contributed by atoms with van der Waals surface area (Å²) in [6, 6.07) is 8.37. The van der Waals surface area contributed by atoms with Crippen molar-refractivity contribution in [2.75, 3.05) is 46.1 Å². The molecule has 2 fully saturated rings. The van der Waals surface area contributed by atoms with E-state index >= 15 is 0 Å². The van der Waals surface area contributed by atoms with Crippen molar-refractivity contribution in [3.8, 4) is 0 Å². The van der Waals surface area contributed by atoms with Crippen LogP contribution in [-0.4, -0.2) is 62.8 Å². The van der Waals surface area contributed by atoms with Gasteiger partial charge in [0.05, 0.1) is 19.8 Å². The van der Waals surface area contributed by atoms with Crippen LogP contribution in [-0.2, 0) is 27.4 Å². The van der Waals surface area contributed by atoms with Crippen molar-refractivity contribution in [2.45, 2.75) is 45.7 Å². The Kier molecular flexibility index (Phi) is 12.2. The van der Waals surface area contributed by atoms with Gasteiger partial charge in [-0.3, -0.25) is 4.79 Å². The molecule has 8 heteroatoms. The first-order valence-electron chi connectivity index (χ1n) is 11.3. The summed E-state index contributed by atoms with van der Waals surface area (Å²) in [6.45, 7) is 9.14. The number of nitrogens with zero attached hydrogens (tertiary/aromatic N) is 2. The van der Waals surface area contributed by atoms with E-state index in [1.807, 2.05) is 11.0 Å². The average Bonchev–Trinajstić information content (AvgIpc) is 3.41. The number of benzene rings is 1. The third-order valence-electron chi connectivity index (χ3n) is 5.44. The van der Waals surface area contributed by atoms with Gasteiger partial charge in [0.25, 0.3) is 0 Å². The number of carbonyl (C=O) groups is 1. The van der Waals surface area contributed by atoms with Crippen LogP contribution in [0.15, 0.2) is 29.3 Å². The van der Waals surface area contributed by atoms with E-state index in [-0.39, 0.29) is 29.9 Å². The minimum absolute atomic E-state index is 0. The maximum Gasteiger partial charge on any atom is 0.222 e. The van der Waals surface area contributed by atoms with E-state index < -0.39 is 0 Å². The summed E-state index contributed by atoms with van der Waals surface area (Å²) in [6.07, 6.45) is 3.71. The summed E-state index contributed by atoms with van der Waals surface area (Å²) in [4.78, 5) is 18.5. The third-order valence-corrected chi connectivity index (χ3v) is 5.44. The van der Waals surface area contributed by atoms with Crippen LogP contribution in [0.3, 0.4) is 0 Å². The van der Waals surface area contributed by atoms with E-state index in [1.165, 1.54) is 5.56 Å². The zero-order valence-corrected chi connectivity index (χ0v) is 20.9. The maximum absolute atomic E-state index is 11.9. The lowest BCUT2D eigenvalue weighted by Gasteiger charge is -2.16. The Labute approximate surface area is 203 Å². The minimum atomic E-state index is 0. The molecule has 2 aliphatic rings. The van der Waals surface area contributed by atoms with Crippen LogP contribution in [0.2, 0.25) is 0 Å². The summed E-state index contributed by atoms with van der Waals surface area (Å²) in [5.74, 6) is 1.65. The van der Waals surface area contributed by atoms with E-state index in [0.29, 0.717) is 25.4 Å². The van der Waals surface area contributed by atoms with Gasteiger partial charge in [-0.15, -0.1) is 24.0 Å². The first kappa shape index (κ1) is 25.9. The van der Waals surface area contributed by atoms with Gasteiger partial charge in [0.15, 0.2) is 5.96 Å². The molecule has 1 atom stereocenters. The van der Waals surface area contributed by atoms with Crippen LogP contribution in [0, 0.1) is 5.92 Å². The fourth-order valence-corrected chi connectivity index (χ4v) is 3.78. The number of carbonyl (C=O) groups excluding carboxylic acids is 1. The predicted molar refractivity (Wildman–Crippen MR) is 134 cm³/mol. The van der Waals surface area contributed by atoms with Crippen molar-refractivity contribution < 1.29 is 14.3 Å². The zero-order chi connectivity index (χ0) is 21.0. The summed E-state index contributed by atoms with van der Waals surface area (Å²) >= 11 is 0. The summed E-state index contributed by atoms with van der Waals surface area (Å²) in [5, 5.41) is 6.68. The smallest absolute Gasteiger partial charge is 0.222 e. The maximum atomic E-state index is 11.9. The predicted octanol–water partition coefficient (Wildman–Crippen LogP) is 2.93. The largest absolute Gasteiger partial charge is 0.381 e. The highest BCUT2D eigenvalue weighted by atomic mass is 127. The molecule has 31 heavy (non-hydrogen) atoms. The van der Waals surface area contributed by atoms with E-state index in [0.717, 1.165) is 76.8 Å². The van der Waals surface area contributed by atoms with Crippen LogP contribution >= 0.6 is 24.0 Å². The highest BCUT2D eigenvalue weighted by Gasteiger charge is 2.20. The monoisotopic (exact) mass is 544 g/mol. The number of rotatable bonds is 11. The summed E-state index contributed by atoms with van der Waals surface area (Å²) in [5.41, 5.74) is 2.32. The van der Waals surface area contributed by atoms with Gasteiger partial charge in [-0.2, -0.15) is 0 Å². The van der Waals surface area contributed by atoms with Crippen molar-refractivity contribution in [2.24, 2.45) is 10.9 Å². The van der Waals surface area contributed by atoms with Gasteiger partial charge in [-0.1, -0.05) is 24.3 Å². The molecule has 2 N–H and O–H groups in total. The quantitative estimate of drug-likeness (QED) is 0.194. The van der Waals surface area contributed by atoms with E-state index in [1.54, 1.807) is 0 Å². The molecular weight excluding hydrogens is 507 g/mol. The van der Waals surface area contributed by atoms with Gasteiger partial charge in [0.1, 0.15) is 0 Å². The number of amides is 1. The number of nitrogens with one attached hydrogen (secondary N) is 2. The molecule has 0 spiro atoms. The molecule has 1 unspecified atom stereocenters. The lowest BCUT2D eigenvalue weighted by atomic mass is 10.1. The lowest BCUT2D eigenvalue weighted by molar-refractivity contribution is -0.128. The summed E-state index contributed by atoms with van der Waals surface area (Å²) in [7, 11) is 0. The second kappa shape index (κ2) is 14.6. The standard InChI is InChI=1S/C23H36N4O3.HI/c1-2-24-23(25-10-5-12-29-17-21-9-13-30-18-21)26-15-19-6-3-7-20(14-19)16-27-11-4-8-22(27)28;/h3,6-7,14,21H,2,4-5,8-13,15-18H2,1H3,(H2,24,25,26);1H. The van der Waals surface area contributed by atoms with Crippen molar-refractivity contribution in [1.82, 2.24) is 15.5 Å². The number of hydrogen-bond donors (Lipinski definition) is 2. The van der Waals surface area contributed by atoms with Gasteiger partial charge in [-0.05, 0) is 37.3 Å². The number of halogens is 1. The van der Waals surface area contributed by atoms with E-state index in [2.05, 4.69) is 35.8 Å². The van der Waals surface area contributed by atoms with Crippen molar-refractivity contribution in [3.05, 3.63) is 35.4 Å². The second-order valence-corrected chi connectivity index (χ2v) is 8.02. The SMILES string of the molecule is CCNC(=NCc1cccc(CN2CCCC2=O)c1)NCCCOCC1CCOC1.I. The Hall–Kier alpha value is -1.39. The van der Waals surface area contributed by atoms with E-state index in [9.17, 15) is 4.79 Å². The Balaban J connectivity index is 0.00000341. The van der Waals surface area contributed by atoms with Crippen LogP contribution in [0.5, 0.6) is 0 Å². The van der Waals surface area contributed by atoms with Crippen LogP contribution < -0.4 is 10.6 Å². The molecule has 1 amide bonds. The van der Waals surface area contributed by atoms with Gasteiger partial charge < -0.3 is 25.0 Å². The minimum Gasteiger partial charge on any atom is -0.381 e. The Morgan fingerprint density at radius 2 is 2.19 bits per heavy atom. The van der Waals surface area contributed by atoms with Crippen molar-refractivity contribution in [1.29, 1.82) is 0 Å². The van der Waals surface area contributed by atoms with Crippen molar-refractivity contribution >= 4 is 35.8 Å². The molecule has 7 nitrogen and oxygen atoms in total.